The maximum absolute atomic E-state index is 2.40. The summed E-state index contributed by atoms with van der Waals surface area (Å²) in [7, 11) is 0. The van der Waals surface area contributed by atoms with Gasteiger partial charge >= 0.3 is 0 Å². The molecule has 0 aromatic rings. The van der Waals surface area contributed by atoms with Crippen LogP contribution < -0.4 is 0 Å². The molecule has 0 saturated carbocycles. The molecule has 0 radical (unpaired) electrons. The molecule has 2 atom stereocenters. The first-order valence-electron chi connectivity index (χ1n) is 5.60. The highest BCUT2D eigenvalue weighted by molar-refractivity contribution is 8.17. The van der Waals surface area contributed by atoms with Gasteiger partial charge in [-0.15, -0.1) is 23.5 Å². The molecule has 2 aliphatic rings. The van der Waals surface area contributed by atoms with Crippen molar-refractivity contribution < 1.29 is 0 Å². The Kier molecular flexibility index (Phi) is 4.45. The second-order valence-electron chi connectivity index (χ2n) is 4.55. The van der Waals surface area contributed by atoms with Gasteiger partial charge in [-0.3, -0.25) is 0 Å². The van der Waals surface area contributed by atoms with Gasteiger partial charge < -0.3 is 0 Å². The first-order valence-corrected chi connectivity index (χ1v) is 8.75. The van der Waals surface area contributed by atoms with E-state index in [0.29, 0.717) is 0 Å². The van der Waals surface area contributed by atoms with E-state index in [0.717, 1.165) is 21.7 Å². The van der Waals surface area contributed by atoms with Crippen LogP contribution >= 0.6 is 35.3 Å². The van der Waals surface area contributed by atoms with Gasteiger partial charge in [-0.05, 0) is 48.9 Å². The molecule has 0 N–H and O–H groups in total. The van der Waals surface area contributed by atoms with Crippen LogP contribution in [0.4, 0.5) is 0 Å². The first-order chi connectivity index (χ1) is 6.75. The molecule has 0 spiro atoms. The number of hydrogen-bond acceptors (Lipinski definition) is 3. The summed E-state index contributed by atoms with van der Waals surface area (Å²) in [5.74, 6) is 6.21. The van der Waals surface area contributed by atoms with Gasteiger partial charge in [0.25, 0.3) is 0 Å². The number of rotatable bonds is 1. The third kappa shape index (κ3) is 3.02. The molecule has 2 rings (SSSR count). The average Bonchev–Trinajstić information content (AvgIpc) is 2.21. The van der Waals surface area contributed by atoms with Crippen molar-refractivity contribution in [1.82, 2.24) is 0 Å². The van der Waals surface area contributed by atoms with Crippen molar-refractivity contribution in [3.05, 3.63) is 0 Å². The topological polar surface area (TPSA) is 0 Å². The Balaban J connectivity index is 1.78. The zero-order valence-corrected chi connectivity index (χ0v) is 11.5. The lowest BCUT2D eigenvalue weighted by Gasteiger charge is -2.35. The standard InChI is InChI=1S/C11H20S3/c1-8-3-4-11(14-5-8)10-6-12-9(2)13-7-10/h8-11H,3-7H2,1-2H3. The average molecular weight is 248 g/mol. The van der Waals surface area contributed by atoms with E-state index in [1.54, 1.807) is 0 Å². The lowest BCUT2D eigenvalue weighted by atomic mass is 9.99. The minimum atomic E-state index is 0.846. The third-order valence-electron chi connectivity index (χ3n) is 3.15. The summed E-state index contributed by atoms with van der Waals surface area (Å²) < 4.78 is 0.846. The van der Waals surface area contributed by atoms with Crippen LogP contribution in [0.5, 0.6) is 0 Å². The third-order valence-corrected chi connectivity index (χ3v) is 7.96. The van der Waals surface area contributed by atoms with E-state index in [9.17, 15) is 0 Å². The van der Waals surface area contributed by atoms with Gasteiger partial charge in [-0.2, -0.15) is 11.8 Å². The zero-order chi connectivity index (χ0) is 9.97. The van der Waals surface area contributed by atoms with Gasteiger partial charge in [0.1, 0.15) is 0 Å². The van der Waals surface area contributed by atoms with E-state index < -0.39 is 0 Å². The normalized spacial score (nSPS) is 45.0. The fourth-order valence-corrected chi connectivity index (χ4v) is 6.60. The minimum Gasteiger partial charge on any atom is -0.158 e. The Morgan fingerprint density at radius 2 is 1.57 bits per heavy atom. The minimum absolute atomic E-state index is 0.846. The Labute approximate surface area is 101 Å². The molecule has 0 bridgehead atoms. The SMILES string of the molecule is CC1CCC(C2CSC(C)SC2)SC1. The van der Waals surface area contributed by atoms with E-state index in [4.69, 9.17) is 0 Å². The van der Waals surface area contributed by atoms with Gasteiger partial charge in [0, 0.05) is 9.83 Å². The maximum Gasteiger partial charge on any atom is 0.0474 e. The van der Waals surface area contributed by atoms with Crippen molar-refractivity contribution in [3.8, 4) is 0 Å². The number of thioether (sulfide) groups is 3. The Hall–Kier alpha value is 1.05. The van der Waals surface area contributed by atoms with Crippen molar-refractivity contribution in [2.75, 3.05) is 17.3 Å². The largest absolute Gasteiger partial charge is 0.158 e. The molecular weight excluding hydrogens is 228 g/mol. The summed E-state index contributed by atoms with van der Waals surface area (Å²) in [6.45, 7) is 4.75. The summed E-state index contributed by atoms with van der Waals surface area (Å²) in [6, 6.07) is 0. The van der Waals surface area contributed by atoms with Crippen LogP contribution in [0.25, 0.3) is 0 Å². The van der Waals surface area contributed by atoms with E-state index in [1.807, 2.05) is 0 Å². The molecule has 0 aromatic heterocycles. The lowest BCUT2D eigenvalue weighted by Crippen LogP contribution is -2.30. The van der Waals surface area contributed by atoms with Crippen molar-refractivity contribution >= 4 is 35.3 Å². The van der Waals surface area contributed by atoms with Crippen LogP contribution in [-0.2, 0) is 0 Å². The van der Waals surface area contributed by atoms with Crippen LogP contribution in [-0.4, -0.2) is 27.1 Å². The molecule has 2 aliphatic heterocycles. The van der Waals surface area contributed by atoms with Gasteiger partial charge in [0.05, 0.1) is 0 Å². The first kappa shape index (κ1) is 11.5. The van der Waals surface area contributed by atoms with Crippen LogP contribution in [0, 0.1) is 11.8 Å². The van der Waals surface area contributed by atoms with Crippen molar-refractivity contribution in [1.29, 1.82) is 0 Å². The molecule has 0 amide bonds. The predicted molar refractivity (Wildman–Crippen MR) is 72.5 cm³/mol. The van der Waals surface area contributed by atoms with Crippen molar-refractivity contribution in [2.24, 2.45) is 11.8 Å². The van der Waals surface area contributed by atoms with Crippen LogP contribution in [0.1, 0.15) is 26.7 Å². The van der Waals surface area contributed by atoms with E-state index >= 15 is 0 Å². The molecule has 2 heterocycles. The van der Waals surface area contributed by atoms with Gasteiger partial charge in [0.2, 0.25) is 0 Å². The van der Waals surface area contributed by atoms with Crippen LogP contribution in [0.3, 0.4) is 0 Å². The molecule has 82 valence electrons. The van der Waals surface area contributed by atoms with Crippen molar-refractivity contribution in [3.63, 3.8) is 0 Å². The van der Waals surface area contributed by atoms with Gasteiger partial charge in [-0.1, -0.05) is 6.92 Å². The fourth-order valence-electron chi connectivity index (χ4n) is 2.10. The molecule has 0 aliphatic carbocycles. The molecule has 0 aromatic carbocycles. The summed E-state index contributed by atoms with van der Waals surface area (Å²) in [6.07, 6.45) is 2.95. The summed E-state index contributed by atoms with van der Waals surface area (Å²) in [4.78, 5) is 0. The van der Waals surface area contributed by atoms with E-state index in [1.165, 1.54) is 30.1 Å². The molecule has 2 saturated heterocycles. The van der Waals surface area contributed by atoms with Gasteiger partial charge in [-0.25, -0.2) is 0 Å². The molecule has 2 fully saturated rings. The smallest absolute Gasteiger partial charge is 0.0474 e. The molecular formula is C11H20S3. The molecule has 3 heteroatoms. The van der Waals surface area contributed by atoms with Crippen LogP contribution in [0.2, 0.25) is 0 Å². The molecule has 14 heavy (non-hydrogen) atoms. The Morgan fingerprint density at radius 3 is 2.14 bits per heavy atom. The highest BCUT2D eigenvalue weighted by Gasteiger charge is 2.29. The fraction of sp³-hybridized carbons (Fsp3) is 1.00. The quantitative estimate of drug-likeness (QED) is 0.689. The van der Waals surface area contributed by atoms with Gasteiger partial charge in [0.15, 0.2) is 0 Å². The van der Waals surface area contributed by atoms with E-state index in [2.05, 4.69) is 49.1 Å². The zero-order valence-electron chi connectivity index (χ0n) is 9.07. The monoisotopic (exact) mass is 248 g/mol. The number of hydrogen-bond donors (Lipinski definition) is 0. The predicted octanol–water partition coefficient (Wildman–Crippen LogP) is 3.96. The molecule has 2 unspecified atom stereocenters. The Morgan fingerprint density at radius 1 is 0.857 bits per heavy atom. The summed E-state index contributed by atoms with van der Waals surface area (Å²) in [5, 5.41) is 0.985. The lowest BCUT2D eigenvalue weighted by molar-refractivity contribution is 0.481. The maximum atomic E-state index is 2.40. The van der Waals surface area contributed by atoms with Crippen molar-refractivity contribution in [2.45, 2.75) is 36.5 Å². The second kappa shape index (κ2) is 5.40. The second-order valence-corrected chi connectivity index (χ2v) is 8.87. The Bertz CT molecular complexity index is 147. The highest BCUT2D eigenvalue weighted by atomic mass is 32.2. The van der Waals surface area contributed by atoms with E-state index in [-0.39, 0.29) is 0 Å². The van der Waals surface area contributed by atoms with Crippen LogP contribution in [0.15, 0.2) is 0 Å². The summed E-state index contributed by atoms with van der Waals surface area (Å²) in [5.41, 5.74) is 0. The highest BCUT2D eigenvalue weighted by Crippen LogP contribution is 2.41. The summed E-state index contributed by atoms with van der Waals surface area (Å²) >= 11 is 6.59. The molecule has 0 nitrogen and oxygen atoms in total.